The molecule has 0 bridgehead atoms. The van der Waals surface area contributed by atoms with Crippen molar-refractivity contribution in [3.8, 4) is 0 Å². The maximum atomic E-state index is 11.6. The number of carbonyl (C=O) groups is 3. The summed E-state index contributed by atoms with van der Waals surface area (Å²) in [5, 5.41) is 0. The predicted molar refractivity (Wildman–Crippen MR) is 81.8 cm³/mol. The third-order valence-corrected chi connectivity index (χ3v) is 3.47. The smallest absolute Gasteiger partial charge is 0.132 e. The van der Waals surface area contributed by atoms with E-state index in [9.17, 15) is 14.4 Å². The van der Waals surface area contributed by atoms with Gasteiger partial charge in [-0.15, -0.1) is 0 Å². The molecule has 0 aromatic carbocycles. The number of Topliss-reactive ketones (excluding diaryl/α,β-unsaturated/α-hetero) is 3. The second-order valence-electron chi connectivity index (χ2n) is 5.77. The van der Waals surface area contributed by atoms with Crippen molar-refractivity contribution in [3.05, 3.63) is 0 Å². The third-order valence-electron chi connectivity index (χ3n) is 3.47. The van der Waals surface area contributed by atoms with Crippen molar-refractivity contribution >= 4 is 17.3 Å². The van der Waals surface area contributed by atoms with Gasteiger partial charge in [0.15, 0.2) is 0 Å². The Hall–Kier alpha value is -0.990. The molecule has 0 spiro atoms. The van der Waals surface area contributed by atoms with Gasteiger partial charge in [0, 0.05) is 25.7 Å². The van der Waals surface area contributed by atoms with Gasteiger partial charge in [0.1, 0.15) is 17.3 Å². The van der Waals surface area contributed by atoms with Crippen molar-refractivity contribution in [1.29, 1.82) is 0 Å². The van der Waals surface area contributed by atoms with Crippen molar-refractivity contribution < 1.29 is 14.4 Å². The first-order valence-electron chi connectivity index (χ1n) is 8.03. The molecule has 3 heteroatoms. The Bertz CT molecular complexity index is 295. The van der Waals surface area contributed by atoms with Crippen LogP contribution >= 0.6 is 0 Å². The van der Waals surface area contributed by atoms with Crippen LogP contribution in [0.5, 0.6) is 0 Å². The number of ketones is 3. The second kappa shape index (κ2) is 13.0. The Morgan fingerprint density at radius 2 is 0.800 bits per heavy atom. The summed E-state index contributed by atoms with van der Waals surface area (Å²) in [5.41, 5.74) is 0. The summed E-state index contributed by atoms with van der Waals surface area (Å²) in [4.78, 5) is 33.1. The van der Waals surface area contributed by atoms with Gasteiger partial charge in [-0.3, -0.25) is 4.79 Å². The fraction of sp³-hybridized carbons (Fsp3) is 0.824. The third kappa shape index (κ3) is 15.1. The van der Waals surface area contributed by atoms with Gasteiger partial charge in [-0.2, -0.15) is 0 Å². The molecule has 0 heterocycles. The van der Waals surface area contributed by atoms with Gasteiger partial charge in [0.05, 0.1) is 0 Å². The molecule has 3 nitrogen and oxygen atoms in total. The minimum absolute atomic E-state index is 0.210. The molecule has 0 aliphatic rings. The summed E-state index contributed by atoms with van der Waals surface area (Å²) in [6.45, 7) is 3.24. The molecule has 0 aromatic rings. The summed E-state index contributed by atoms with van der Waals surface area (Å²) < 4.78 is 0. The number of hydrogen-bond acceptors (Lipinski definition) is 3. The van der Waals surface area contributed by atoms with Crippen molar-refractivity contribution in [2.75, 3.05) is 0 Å². The highest BCUT2D eigenvalue weighted by Gasteiger charge is 2.02. The molecule has 0 fully saturated rings. The highest BCUT2D eigenvalue weighted by Crippen LogP contribution is 2.11. The molecule has 0 N–H and O–H groups in total. The van der Waals surface area contributed by atoms with E-state index in [4.69, 9.17) is 0 Å². The van der Waals surface area contributed by atoms with Gasteiger partial charge in [-0.05, 0) is 39.5 Å². The largest absolute Gasteiger partial charge is 0.300 e. The van der Waals surface area contributed by atoms with Gasteiger partial charge in [0.25, 0.3) is 0 Å². The molecular formula is C17H30O3. The fourth-order valence-electron chi connectivity index (χ4n) is 2.22. The van der Waals surface area contributed by atoms with Crippen molar-refractivity contribution in [3.63, 3.8) is 0 Å². The Balaban J connectivity index is 3.23. The van der Waals surface area contributed by atoms with Crippen LogP contribution in [0.4, 0.5) is 0 Å². The van der Waals surface area contributed by atoms with E-state index < -0.39 is 0 Å². The molecule has 0 aliphatic heterocycles. The van der Waals surface area contributed by atoms with Crippen LogP contribution in [-0.4, -0.2) is 17.3 Å². The van der Waals surface area contributed by atoms with Crippen LogP contribution < -0.4 is 0 Å². The van der Waals surface area contributed by atoms with E-state index in [0.29, 0.717) is 31.5 Å². The standard InChI is InChI=1S/C17H30O3/c1-15(18)11-7-5-3-4-6-8-13-17(20)14-10-9-12-16(2)19/h3-14H2,1-2H3. The Labute approximate surface area is 123 Å². The molecule has 0 amide bonds. The van der Waals surface area contributed by atoms with E-state index in [2.05, 4.69) is 0 Å². The van der Waals surface area contributed by atoms with Crippen LogP contribution in [0.1, 0.15) is 90.9 Å². The minimum atomic E-state index is 0.210. The first-order valence-corrected chi connectivity index (χ1v) is 8.03. The second-order valence-corrected chi connectivity index (χ2v) is 5.77. The van der Waals surface area contributed by atoms with E-state index in [1.165, 1.54) is 6.42 Å². The summed E-state index contributed by atoms with van der Waals surface area (Å²) in [6, 6.07) is 0. The summed E-state index contributed by atoms with van der Waals surface area (Å²) >= 11 is 0. The lowest BCUT2D eigenvalue weighted by Gasteiger charge is -2.02. The van der Waals surface area contributed by atoms with Gasteiger partial charge in [-0.1, -0.05) is 25.7 Å². The SMILES string of the molecule is CC(=O)CCCCCCCCC(=O)CCCCC(C)=O. The molecule has 0 radical (unpaired) electrons. The van der Waals surface area contributed by atoms with Crippen molar-refractivity contribution in [1.82, 2.24) is 0 Å². The van der Waals surface area contributed by atoms with Gasteiger partial charge < -0.3 is 9.59 Å². The summed E-state index contributed by atoms with van der Waals surface area (Å²) in [7, 11) is 0. The van der Waals surface area contributed by atoms with Crippen LogP contribution in [0.25, 0.3) is 0 Å². The van der Waals surface area contributed by atoms with Crippen LogP contribution in [0, 0.1) is 0 Å². The van der Waals surface area contributed by atoms with E-state index >= 15 is 0 Å². The maximum Gasteiger partial charge on any atom is 0.132 e. The monoisotopic (exact) mass is 282 g/mol. The molecule has 0 aromatic heterocycles. The van der Waals surface area contributed by atoms with Crippen LogP contribution in [0.3, 0.4) is 0 Å². The first kappa shape index (κ1) is 19.0. The highest BCUT2D eigenvalue weighted by molar-refractivity contribution is 5.78. The average Bonchev–Trinajstić information content (AvgIpc) is 2.37. The zero-order valence-electron chi connectivity index (χ0n) is 13.2. The van der Waals surface area contributed by atoms with Gasteiger partial charge >= 0.3 is 0 Å². The highest BCUT2D eigenvalue weighted by atomic mass is 16.1. The molecular weight excluding hydrogens is 252 g/mol. The molecule has 0 saturated carbocycles. The first-order chi connectivity index (χ1) is 9.52. The Morgan fingerprint density at radius 1 is 0.500 bits per heavy atom. The number of unbranched alkanes of at least 4 members (excludes halogenated alkanes) is 6. The number of carbonyl (C=O) groups excluding carboxylic acids is 3. The molecule has 20 heavy (non-hydrogen) atoms. The molecule has 0 aliphatic carbocycles. The maximum absolute atomic E-state index is 11.6. The lowest BCUT2D eigenvalue weighted by Crippen LogP contribution is -1.98. The van der Waals surface area contributed by atoms with Gasteiger partial charge in [0.2, 0.25) is 0 Å². The number of hydrogen-bond donors (Lipinski definition) is 0. The topological polar surface area (TPSA) is 51.2 Å². The van der Waals surface area contributed by atoms with Crippen LogP contribution in [-0.2, 0) is 14.4 Å². The zero-order chi connectivity index (χ0) is 15.2. The zero-order valence-corrected chi connectivity index (χ0v) is 13.2. The molecule has 116 valence electrons. The molecule has 0 atom stereocenters. The lowest BCUT2D eigenvalue weighted by atomic mass is 10.0. The quantitative estimate of drug-likeness (QED) is 0.443. The van der Waals surface area contributed by atoms with Crippen molar-refractivity contribution in [2.24, 2.45) is 0 Å². The summed E-state index contributed by atoms with van der Waals surface area (Å²) in [5.74, 6) is 0.827. The average molecular weight is 282 g/mol. The number of rotatable bonds is 14. The van der Waals surface area contributed by atoms with E-state index in [0.717, 1.165) is 44.9 Å². The van der Waals surface area contributed by atoms with Crippen molar-refractivity contribution in [2.45, 2.75) is 90.9 Å². The Kier molecular flexibility index (Phi) is 12.4. The van der Waals surface area contributed by atoms with Crippen LogP contribution in [0.2, 0.25) is 0 Å². The predicted octanol–water partition coefficient (Wildman–Crippen LogP) is 4.41. The lowest BCUT2D eigenvalue weighted by molar-refractivity contribution is -0.120. The van der Waals surface area contributed by atoms with E-state index in [-0.39, 0.29) is 11.6 Å². The Morgan fingerprint density at radius 3 is 1.25 bits per heavy atom. The van der Waals surface area contributed by atoms with Crippen LogP contribution in [0.15, 0.2) is 0 Å². The normalized spacial score (nSPS) is 10.5. The molecule has 0 saturated heterocycles. The van der Waals surface area contributed by atoms with Gasteiger partial charge in [-0.25, -0.2) is 0 Å². The molecule has 0 unspecified atom stereocenters. The fourth-order valence-corrected chi connectivity index (χ4v) is 2.22. The minimum Gasteiger partial charge on any atom is -0.300 e. The van der Waals surface area contributed by atoms with E-state index in [1.807, 2.05) is 0 Å². The molecule has 0 rings (SSSR count). The summed E-state index contributed by atoms with van der Waals surface area (Å²) in [6.07, 6.45) is 10.9. The van der Waals surface area contributed by atoms with E-state index in [1.54, 1.807) is 13.8 Å².